The molecule has 5 heteroatoms. The van der Waals surface area contributed by atoms with Gasteiger partial charge in [-0.3, -0.25) is 9.59 Å². The molecule has 1 aliphatic rings. The summed E-state index contributed by atoms with van der Waals surface area (Å²) in [6, 6.07) is 17.0. The van der Waals surface area contributed by atoms with Gasteiger partial charge in [-0.2, -0.15) is 5.26 Å². The number of nitrogens with one attached hydrogen (secondary N) is 1. The Bertz CT molecular complexity index is 912. The summed E-state index contributed by atoms with van der Waals surface area (Å²) in [7, 11) is 0. The molecule has 1 saturated heterocycles. The SMILES string of the molecule is CC(C)c1cccc(N2CC(C(=O)NC(C)c3ccc(C#N)cc3)CC2=O)c1. The predicted octanol–water partition coefficient (Wildman–Crippen LogP) is 3.91. The number of nitriles is 1. The van der Waals surface area contributed by atoms with Crippen molar-refractivity contribution in [2.75, 3.05) is 11.4 Å². The molecule has 1 heterocycles. The number of carbonyl (C=O) groups is 2. The van der Waals surface area contributed by atoms with Crippen molar-refractivity contribution in [3.8, 4) is 6.07 Å². The Morgan fingerprint density at radius 1 is 1.14 bits per heavy atom. The Morgan fingerprint density at radius 3 is 2.50 bits per heavy atom. The molecule has 1 aliphatic heterocycles. The lowest BCUT2D eigenvalue weighted by Gasteiger charge is -2.20. The molecule has 2 aromatic carbocycles. The summed E-state index contributed by atoms with van der Waals surface area (Å²) in [6.45, 7) is 6.53. The van der Waals surface area contributed by atoms with Crippen molar-refractivity contribution < 1.29 is 9.59 Å². The maximum absolute atomic E-state index is 12.7. The van der Waals surface area contributed by atoms with E-state index in [2.05, 4.69) is 31.3 Å². The van der Waals surface area contributed by atoms with Gasteiger partial charge in [-0.1, -0.05) is 38.1 Å². The second-order valence-corrected chi connectivity index (χ2v) is 7.62. The third kappa shape index (κ3) is 4.23. The number of hydrogen-bond donors (Lipinski definition) is 1. The molecule has 144 valence electrons. The Hall–Kier alpha value is -3.13. The fraction of sp³-hybridized carbons (Fsp3) is 0.348. The molecule has 0 saturated carbocycles. The highest BCUT2D eigenvalue weighted by atomic mass is 16.2. The number of hydrogen-bond acceptors (Lipinski definition) is 3. The first-order chi connectivity index (χ1) is 13.4. The van der Waals surface area contributed by atoms with Crippen LogP contribution in [-0.4, -0.2) is 18.4 Å². The van der Waals surface area contributed by atoms with E-state index >= 15 is 0 Å². The van der Waals surface area contributed by atoms with E-state index in [9.17, 15) is 9.59 Å². The zero-order valence-electron chi connectivity index (χ0n) is 16.5. The summed E-state index contributed by atoms with van der Waals surface area (Å²) in [6.07, 6.45) is 0.220. The van der Waals surface area contributed by atoms with Gasteiger partial charge in [0.2, 0.25) is 11.8 Å². The molecule has 0 spiro atoms. The molecular weight excluding hydrogens is 350 g/mol. The summed E-state index contributed by atoms with van der Waals surface area (Å²) in [4.78, 5) is 26.9. The molecule has 2 atom stereocenters. The van der Waals surface area contributed by atoms with Crippen LogP contribution in [0.1, 0.15) is 55.8 Å². The van der Waals surface area contributed by atoms with E-state index in [1.807, 2.05) is 37.3 Å². The smallest absolute Gasteiger partial charge is 0.227 e. The number of benzene rings is 2. The molecule has 2 amide bonds. The Labute approximate surface area is 166 Å². The fourth-order valence-electron chi connectivity index (χ4n) is 3.45. The van der Waals surface area contributed by atoms with E-state index in [4.69, 9.17) is 5.26 Å². The summed E-state index contributed by atoms with van der Waals surface area (Å²) in [5.74, 6) is -0.124. The highest BCUT2D eigenvalue weighted by Gasteiger charge is 2.35. The van der Waals surface area contributed by atoms with Crippen molar-refractivity contribution in [3.05, 3.63) is 65.2 Å². The van der Waals surface area contributed by atoms with E-state index in [0.717, 1.165) is 11.3 Å². The van der Waals surface area contributed by atoms with E-state index in [-0.39, 0.29) is 30.2 Å². The van der Waals surface area contributed by atoms with Gasteiger partial charge in [0.05, 0.1) is 23.6 Å². The maximum Gasteiger partial charge on any atom is 0.227 e. The van der Waals surface area contributed by atoms with Gasteiger partial charge in [0.15, 0.2) is 0 Å². The molecule has 3 rings (SSSR count). The largest absolute Gasteiger partial charge is 0.349 e. The van der Waals surface area contributed by atoms with Crippen LogP contribution in [0.5, 0.6) is 0 Å². The third-order valence-electron chi connectivity index (χ3n) is 5.24. The van der Waals surface area contributed by atoms with E-state index in [1.54, 1.807) is 17.0 Å². The van der Waals surface area contributed by atoms with Crippen LogP contribution in [0, 0.1) is 17.2 Å². The number of anilines is 1. The van der Waals surface area contributed by atoms with Crippen LogP contribution in [-0.2, 0) is 9.59 Å². The topological polar surface area (TPSA) is 73.2 Å². The lowest BCUT2D eigenvalue weighted by atomic mass is 10.0. The monoisotopic (exact) mass is 375 g/mol. The molecule has 1 N–H and O–H groups in total. The predicted molar refractivity (Wildman–Crippen MR) is 109 cm³/mol. The molecule has 5 nitrogen and oxygen atoms in total. The minimum absolute atomic E-state index is 0.0212. The van der Waals surface area contributed by atoms with Crippen molar-refractivity contribution in [2.24, 2.45) is 5.92 Å². The molecule has 0 radical (unpaired) electrons. The minimum Gasteiger partial charge on any atom is -0.349 e. The normalized spacial score (nSPS) is 17.5. The molecule has 2 unspecified atom stereocenters. The number of nitrogens with zero attached hydrogens (tertiary/aromatic N) is 2. The summed E-state index contributed by atoms with van der Waals surface area (Å²) in [5.41, 5.74) is 3.54. The highest BCUT2D eigenvalue weighted by molar-refractivity contribution is 6.00. The number of carbonyl (C=O) groups excluding carboxylic acids is 2. The first kappa shape index (κ1) is 19.6. The molecule has 0 aromatic heterocycles. The van der Waals surface area contributed by atoms with E-state index in [0.29, 0.717) is 18.0 Å². The second kappa shape index (κ2) is 8.26. The first-order valence-electron chi connectivity index (χ1n) is 9.59. The van der Waals surface area contributed by atoms with Crippen LogP contribution in [0.3, 0.4) is 0 Å². The molecule has 1 fully saturated rings. The molecule has 0 bridgehead atoms. The van der Waals surface area contributed by atoms with Crippen molar-refractivity contribution in [3.63, 3.8) is 0 Å². The van der Waals surface area contributed by atoms with Gasteiger partial charge in [0.1, 0.15) is 0 Å². The lowest BCUT2D eigenvalue weighted by molar-refractivity contribution is -0.126. The Balaban J connectivity index is 1.66. The number of rotatable bonds is 5. The lowest BCUT2D eigenvalue weighted by Crippen LogP contribution is -2.34. The Morgan fingerprint density at radius 2 is 1.86 bits per heavy atom. The fourth-order valence-corrected chi connectivity index (χ4v) is 3.45. The van der Waals surface area contributed by atoms with Crippen molar-refractivity contribution >= 4 is 17.5 Å². The zero-order valence-corrected chi connectivity index (χ0v) is 16.5. The molecule has 28 heavy (non-hydrogen) atoms. The zero-order chi connectivity index (χ0) is 20.3. The van der Waals surface area contributed by atoms with Gasteiger partial charge in [-0.05, 0) is 48.2 Å². The van der Waals surface area contributed by atoms with E-state index in [1.165, 1.54) is 5.56 Å². The van der Waals surface area contributed by atoms with Gasteiger partial charge in [0.25, 0.3) is 0 Å². The van der Waals surface area contributed by atoms with Gasteiger partial charge in [-0.15, -0.1) is 0 Å². The molecule has 2 aromatic rings. The average molecular weight is 375 g/mol. The quantitative estimate of drug-likeness (QED) is 0.861. The van der Waals surface area contributed by atoms with Gasteiger partial charge >= 0.3 is 0 Å². The van der Waals surface area contributed by atoms with E-state index < -0.39 is 0 Å². The highest BCUT2D eigenvalue weighted by Crippen LogP contribution is 2.28. The standard InChI is InChI=1S/C23H25N3O2/c1-15(2)19-5-4-6-21(11-19)26-14-20(12-22(26)27)23(28)25-16(3)18-9-7-17(13-24)8-10-18/h4-11,15-16,20H,12,14H2,1-3H3,(H,25,28). The van der Waals surface area contributed by atoms with Crippen LogP contribution in [0.25, 0.3) is 0 Å². The first-order valence-corrected chi connectivity index (χ1v) is 9.59. The van der Waals surface area contributed by atoms with Gasteiger partial charge in [0, 0.05) is 18.7 Å². The van der Waals surface area contributed by atoms with Crippen molar-refractivity contribution in [2.45, 2.75) is 39.2 Å². The third-order valence-corrected chi connectivity index (χ3v) is 5.24. The van der Waals surface area contributed by atoms with Gasteiger partial charge in [-0.25, -0.2) is 0 Å². The summed E-state index contributed by atoms with van der Waals surface area (Å²) >= 11 is 0. The summed E-state index contributed by atoms with van der Waals surface area (Å²) in [5, 5.41) is 11.9. The van der Waals surface area contributed by atoms with Crippen molar-refractivity contribution in [1.82, 2.24) is 5.32 Å². The maximum atomic E-state index is 12.7. The van der Waals surface area contributed by atoms with Crippen LogP contribution >= 0.6 is 0 Å². The number of amides is 2. The van der Waals surface area contributed by atoms with Gasteiger partial charge < -0.3 is 10.2 Å². The Kier molecular flexibility index (Phi) is 5.79. The van der Waals surface area contributed by atoms with Crippen LogP contribution in [0.2, 0.25) is 0 Å². The summed E-state index contributed by atoms with van der Waals surface area (Å²) < 4.78 is 0. The molecule has 0 aliphatic carbocycles. The van der Waals surface area contributed by atoms with Crippen LogP contribution < -0.4 is 10.2 Å². The average Bonchev–Trinajstić information content (AvgIpc) is 3.10. The van der Waals surface area contributed by atoms with Crippen LogP contribution in [0.15, 0.2) is 48.5 Å². The second-order valence-electron chi connectivity index (χ2n) is 7.62. The minimum atomic E-state index is -0.365. The van der Waals surface area contributed by atoms with Crippen molar-refractivity contribution in [1.29, 1.82) is 5.26 Å². The van der Waals surface area contributed by atoms with Crippen LogP contribution in [0.4, 0.5) is 5.69 Å². The molecular formula is C23H25N3O2.